The highest BCUT2D eigenvalue weighted by Gasteiger charge is 2.76. The van der Waals surface area contributed by atoms with E-state index in [1.54, 1.807) is 0 Å². The maximum Gasteiger partial charge on any atom is 0.234 e. The van der Waals surface area contributed by atoms with E-state index in [2.05, 4.69) is 27.7 Å². The molecule has 158 valence electrons. The standard InChI is InChI=1S/C24H40N2O2/c1-21(2)16-24-17-22(3,4)20(21)26(25)18(19(24)27)23(28-24)14-12-10-8-6-5-7-9-11-13-15-23/h18,20H,5-17H2,1-4H3. The van der Waals surface area contributed by atoms with E-state index in [9.17, 15) is 10.3 Å². The SMILES string of the molecule is CC1(C)CC23CC(C)(C)C1[N+](=[N-])C(C2=O)C1(CCCCCCCCCCC1)O3. The number of ketones is 1. The van der Waals surface area contributed by atoms with Crippen molar-refractivity contribution >= 4 is 5.78 Å². The summed E-state index contributed by atoms with van der Waals surface area (Å²) in [5.74, 6) is 0.170. The summed E-state index contributed by atoms with van der Waals surface area (Å²) in [5, 5.41) is 0. The fraction of sp³-hybridized carbons (Fsp3) is 0.958. The number of nitrogens with zero attached hydrogens (tertiary/aromatic N) is 2. The van der Waals surface area contributed by atoms with Crippen molar-refractivity contribution in [2.75, 3.05) is 0 Å². The first-order valence-electron chi connectivity index (χ1n) is 11.9. The second kappa shape index (κ2) is 6.89. The molecule has 5 fully saturated rings. The molecule has 5 aliphatic rings. The highest BCUT2D eigenvalue weighted by atomic mass is 16.5. The zero-order chi connectivity index (χ0) is 20.2. The van der Waals surface area contributed by atoms with Gasteiger partial charge in [0.25, 0.3) is 0 Å². The van der Waals surface area contributed by atoms with Crippen molar-refractivity contribution in [1.82, 2.24) is 0 Å². The molecule has 5 rings (SSSR count). The first kappa shape index (κ1) is 20.5. The maximum absolute atomic E-state index is 13.8. The van der Waals surface area contributed by atoms with E-state index in [1.165, 1.54) is 49.6 Å². The van der Waals surface area contributed by atoms with E-state index in [1.807, 2.05) is 0 Å². The highest BCUT2D eigenvalue weighted by Crippen LogP contribution is 2.62. The molecule has 2 spiro atoms. The summed E-state index contributed by atoms with van der Waals surface area (Å²) in [6, 6.07) is -0.490. The normalized spacial score (nSPS) is 40.0. The van der Waals surface area contributed by atoms with Crippen LogP contribution in [0.4, 0.5) is 0 Å². The molecule has 0 radical (unpaired) electrons. The van der Waals surface area contributed by atoms with Crippen LogP contribution >= 0.6 is 0 Å². The van der Waals surface area contributed by atoms with E-state index in [4.69, 9.17) is 4.74 Å². The molecule has 3 aliphatic heterocycles. The molecular weight excluding hydrogens is 348 g/mol. The molecule has 0 amide bonds. The van der Waals surface area contributed by atoms with Crippen LogP contribution in [-0.4, -0.2) is 33.8 Å². The summed E-state index contributed by atoms with van der Waals surface area (Å²) < 4.78 is 8.47. The number of Topliss-reactive ketones (excluding diaryl/α,β-unsaturated/α-hetero) is 1. The summed E-state index contributed by atoms with van der Waals surface area (Å²) in [6.07, 6.45) is 14.5. The second-order valence-corrected chi connectivity index (χ2v) is 11.7. The summed E-state index contributed by atoms with van der Waals surface area (Å²) in [5.41, 5.74) is 10.1. The topological polar surface area (TPSA) is 51.6 Å². The van der Waals surface area contributed by atoms with Crippen LogP contribution in [0.25, 0.3) is 5.53 Å². The fourth-order valence-corrected chi connectivity index (χ4v) is 7.83. The summed E-state index contributed by atoms with van der Waals surface area (Å²) in [4.78, 5) is 13.8. The first-order valence-corrected chi connectivity index (χ1v) is 11.9. The number of rotatable bonds is 0. The van der Waals surface area contributed by atoms with Crippen molar-refractivity contribution in [2.45, 2.75) is 134 Å². The number of fused-ring (bicyclic) bond motifs is 2. The zero-order valence-electron chi connectivity index (χ0n) is 18.6. The van der Waals surface area contributed by atoms with Gasteiger partial charge in [-0.1, -0.05) is 85.5 Å². The van der Waals surface area contributed by atoms with Gasteiger partial charge in [0.1, 0.15) is 11.2 Å². The molecule has 2 saturated carbocycles. The van der Waals surface area contributed by atoms with Gasteiger partial charge < -0.3 is 15.0 Å². The molecule has 0 aromatic carbocycles. The zero-order valence-corrected chi connectivity index (χ0v) is 18.6. The minimum atomic E-state index is -0.706. The van der Waals surface area contributed by atoms with E-state index >= 15 is 0 Å². The number of carbonyl (C=O) groups is 1. The predicted molar refractivity (Wildman–Crippen MR) is 110 cm³/mol. The Kier molecular flexibility index (Phi) is 5.04. The van der Waals surface area contributed by atoms with Gasteiger partial charge in [0.2, 0.25) is 11.8 Å². The molecule has 0 N–H and O–H groups in total. The maximum atomic E-state index is 13.8. The van der Waals surface area contributed by atoms with Gasteiger partial charge in [0.05, 0.1) is 0 Å². The Hall–Kier alpha value is -0.770. The van der Waals surface area contributed by atoms with Crippen LogP contribution in [0.1, 0.15) is 111 Å². The quantitative estimate of drug-likeness (QED) is 0.478. The molecule has 3 bridgehead atoms. The lowest BCUT2D eigenvalue weighted by atomic mass is 9.56. The molecular formula is C24H40N2O2. The van der Waals surface area contributed by atoms with Gasteiger partial charge in [-0.2, -0.15) is 0 Å². The molecule has 3 saturated heterocycles. The molecule has 4 heteroatoms. The smallest absolute Gasteiger partial charge is 0.234 e. The molecule has 1 atom stereocenters. The van der Waals surface area contributed by atoms with Crippen LogP contribution in [0.15, 0.2) is 0 Å². The average Bonchev–Trinajstić information content (AvgIpc) is 2.69. The second-order valence-electron chi connectivity index (χ2n) is 11.7. The molecule has 3 heterocycles. The minimum absolute atomic E-state index is 0.00765. The Labute approximate surface area is 171 Å². The Morgan fingerprint density at radius 3 is 1.71 bits per heavy atom. The van der Waals surface area contributed by atoms with Crippen LogP contribution in [0, 0.1) is 10.8 Å². The third kappa shape index (κ3) is 3.09. The molecule has 2 aliphatic carbocycles. The van der Waals surface area contributed by atoms with Gasteiger partial charge in [0, 0.05) is 10.8 Å². The van der Waals surface area contributed by atoms with Crippen molar-refractivity contribution in [3.05, 3.63) is 5.53 Å². The van der Waals surface area contributed by atoms with Gasteiger partial charge in [-0.05, 0) is 25.7 Å². The summed E-state index contributed by atoms with van der Waals surface area (Å²) in [6.45, 7) is 8.81. The van der Waals surface area contributed by atoms with E-state index in [-0.39, 0.29) is 22.7 Å². The molecule has 4 nitrogen and oxygen atoms in total. The third-order valence-corrected chi connectivity index (χ3v) is 8.29. The number of hydrogen-bond donors (Lipinski definition) is 0. The average molecular weight is 389 g/mol. The van der Waals surface area contributed by atoms with Crippen molar-refractivity contribution < 1.29 is 14.2 Å². The summed E-state index contributed by atoms with van der Waals surface area (Å²) >= 11 is 0. The summed E-state index contributed by atoms with van der Waals surface area (Å²) in [7, 11) is 0. The lowest BCUT2D eigenvalue weighted by molar-refractivity contribution is -0.654. The minimum Gasteiger partial charge on any atom is -0.506 e. The van der Waals surface area contributed by atoms with Gasteiger partial charge in [-0.25, -0.2) is 0 Å². The molecule has 0 aromatic heterocycles. The van der Waals surface area contributed by atoms with Gasteiger partial charge in [-0.3, -0.25) is 4.79 Å². The van der Waals surface area contributed by atoms with E-state index in [0.717, 1.165) is 38.5 Å². The van der Waals surface area contributed by atoms with E-state index < -0.39 is 17.2 Å². The molecule has 28 heavy (non-hydrogen) atoms. The van der Waals surface area contributed by atoms with Gasteiger partial charge in [-0.15, -0.1) is 0 Å². The van der Waals surface area contributed by atoms with Crippen molar-refractivity contribution in [3.63, 3.8) is 0 Å². The lowest BCUT2D eigenvalue weighted by Crippen LogP contribution is -2.62. The third-order valence-electron chi connectivity index (χ3n) is 8.29. The first-order chi connectivity index (χ1) is 13.1. The van der Waals surface area contributed by atoms with Crippen molar-refractivity contribution in [1.29, 1.82) is 0 Å². The van der Waals surface area contributed by atoms with Gasteiger partial charge in [0.15, 0.2) is 6.04 Å². The number of ether oxygens (including phenoxy) is 1. The fourth-order valence-electron chi connectivity index (χ4n) is 7.83. The number of carbonyl (C=O) groups excluding carboxylic acids is 1. The Morgan fingerprint density at radius 1 is 0.821 bits per heavy atom. The largest absolute Gasteiger partial charge is 0.506 e. The highest BCUT2D eigenvalue weighted by molar-refractivity contribution is 5.95. The monoisotopic (exact) mass is 388 g/mol. The van der Waals surface area contributed by atoms with Crippen LogP contribution in [0.3, 0.4) is 0 Å². The van der Waals surface area contributed by atoms with Gasteiger partial charge >= 0.3 is 0 Å². The van der Waals surface area contributed by atoms with Crippen LogP contribution in [0.2, 0.25) is 0 Å². The predicted octanol–water partition coefficient (Wildman–Crippen LogP) is 6.00. The van der Waals surface area contributed by atoms with E-state index in [0.29, 0.717) is 0 Å². The molecule has 0 aromatic rings. The van der Waals surface area contributed by atoms with Crippen LogP contribution in [-0.2, 0) is 9.53 Å². The number of hydrogen-bond acceptors (Lipinski definition) is 2. The molecule has 1 unspecified atom stereocenters. The van der Waals surface area contributed by atoms with Crippen molar-refractivity contribution in [2.24, 2.45) is 10.8 Å². The van der Waals surface area contributed by atoms with Crippen molar-refractivity contribution in [3.8, 4) is 0 Å². The van der Waals surface area contributed by atoms with Crippen LogP contribution < -0.4 is 0 Å². The lowest BCUT2D eigenvalue weighted by Gasteiger charge is -2.54. The Bertz CT molecular complexity index is 621. The Morgan fingerprint density at radius 2 is 1.25 bits per heavy atom. The Balaban J connectivity index is 1.71. The van der Waals surface area contributed by atoms with Crippen LogP contribution in [0.5, 0.6) is 0 Å².